The van der Waals surface area contributed by atoms with Gasteiger partial charge in [-0.25, -0.2) is 4.79 Å². The maximum absolute atomic E-state index is 11.9. The van der Waals surface area contributed by atoms with E-state index < -0.39 is 11.9 Å². The van der Waals surface area contributed by atoms with Crippen molar-refractivity contribution < 1.29 is 19.0 Å². The first kappa shape index (κ1) is 13.1. The van der Waals surface area contributed by atoms with Crippen molar-refractivity contribution in [2.24, 2.45) is 0 Å². The topological polar surface area (TPSA) is 44.8 Å². The minimum Gasteiger partial charge on any atom is -0.459 e. The van der Waals surface area contributed by atoms with Crippen LogP contribution in [-0.2, 0) is 25.6 Å². The molecule has 18 heavy (non-hydrogen) atoms. The first-order valence-electron chi connectivity index (χ1n) is 6.04. The van der Waals surface area contributed by atoms with E-state index in [4.69, 9.17) is 14.2 Å². The molecule has 0 saturated carbocycles. The Bertz CT molecular complexity index is 413. The van der Waals surface area contributed by atoms with Gasteiger partial charge in [0, 0.05) is 0 Å². The summed E-state index contributed by atoms with van der Waals surface area (Å²) in [5, 5.41) is 0. The predicted molar refractivity (Wildman–Crippen MR) is 65.7 cm³/mol. The molecule has 2 rings (SSSR count). The monoisotopic (exact) mass is 250 g/mol. The Morgan fingerprint density at radius 1 is 1.28 bits per heavy atom. The second kappa shape index (κ2) is 5.08. The third kappa shape index (κ3) is 3.09. The average molecular weight is 250 g/mol. The van der Waals surface area contributed by atoms with Gasteiger partial charge in [-0.3, -0.25) is 0 Å². The highest BCUT2D eigenvalue weighted by Gasteiger charge is 2.43. The van der Waals surface area contributed by atoms with E-state index in [-0.39, 0.29) is 18.7 Å². The summed E-state index contributed by atoms with van der Waals surface area (Å²) >= 11 is 0. The second-order valence-electron chi connectivity index (χ2n) is 4.85. The molecular weight excluding hydrogens is 232 g/mol. The van der Waals surface area contributed by atoms with E-state index in [0.29, 0.717) is 0 Å². The van der Waals surface area contributed by atoms with Gasteiger partial charge >= 0.3 is 5.97 Å². The molecule has 2 atom stereocenters. The lowest BCUT2D eigenvalue weighted by Crippen LogP contribution is -2.31. The van der Waals surface area contributed by atoms with Crippen molar-refractivity contribution in [3.63, 3.8) is 0 Å². The third-order valence-electron chi connectivity index (χ3n) is 2.76. The van der Waals surface area contributed by atoms with Crippen molar-refractivity contribution in [1.29, 1.82) is 0 Å². The van der Waals surface area contributed by atoms with Crippen LogP contribution in [0.4, 0.5) is 0 Å². The largest absolute Gasteiger partial charge is 0.459 e. The zero-order valence-electron chi connectivity index (χ0n) is 10.9. The lowest BCUT2D eigenvalue weighted by molar-refractivity contribution is -0.171. The number of benzene rings is 1. The van der Waals surface area contributed by atoms with Crippen LogP contribution < -0.4 is 0 Å². The summed E-state index contributed by atoms with van der Waals surface area (Å²) in [6.07, 6.45) is -0.938. The van der Waals surface area contributed by atoms with Crippen LogP contribution >= 0.6 is 0 Å². The molecule has 0 aromatic heterocycles. The summed E-state index contributed by atoms with van der Waals surface area (Å²) in [4.78, 5) is 11.9. The van der Waals surface area contributed by atoms with E-state index in [1.165, 1.54) is 0 Å². The maximum atomic E-state index is 11.9. The Balaban J connectivity index is 1.89. The fraction of sp³-hybridized carbons (Fsp3) is 0.500. The van der Waals surface area contributed by atoms with Gasteiger partial charge < -0.3 is 14.2 Å². The Hall–Kier alpha value is -1.39. The van der Waals surface area contributed by atoms with Gasteiger partial charge in [0.05, 0.1) is 6.10 Å². The molecule has 1 aliphatic heterocycles. The highest BCUT2D eigenvalue weighted by atomic mass is 16.8. The lowest BCUT2D eigenvalue weighted by Gasteiger charge is -2.16. The number of carbonyl (C=O) groups is 1. The van der Waals surface area contributed by atoms with Crippen LogP contribution in [-0.4, -0.2) is 24.0 Å². The zero-order valence-corrected chi connectivity index (χ0v) is 10.9. The molecule has 0 radical (unpaired) electrons. The predicted octanol–water partition coefficient (Wildman–Crippen LogP) is 2.27. The zero-order chi connectivity index (χ0) is 13.2. The van der Waals surface area contributed by atoms with E-state index in [1.807, 2.05) is 37.3 Å². The normalized spacial score (nSPS) is 25.9. The van der Waals surface area contributed by atoms with Gasteiger partial charge in [0.15, 0.2) is 11.9 Å². The lowest BCUT2D eigenvalue weighted by atomic mass is 10.2. The van der Waals surface area contributed by atoms with Gasteiger partial charge in [-0.1, -0.05) is 30.3 Å². The number of esters is 1. The number of rotatable bonds is 3. The van der Waals surface area contributed by atoms with E-state index in [9.17, 15) is 4.79 Å². The number of ether oxygens (including phenoxy) is 3. The molecular formula is C14H18O4. The van der Waals surface area contributed by atoms with Crippen LogP contribution in [0, 0.1) is 0 Å². The Kier molecular flexibility index (Phi) is 3.68. The summed E-state index contributed by atoms with van der Waals surface area (Å²) < 4.78 is 16.3. The smallest absolute Gasteiger partial charge is 0.338 e. The second-order valence-corrected chi connectivity index (χ2v) is 4.85. The summed E-state index contributed by atoms with van der Waals surface area (Å²) in [5.41, 5.74) is 0.955. The summed E-state index contributed by atoms with van der Waals surface area (Å²) in [6, 6.07) is 9.55. The minimum atomic E-state index is -0.726. The molecule has 1 saturated heterocycles. The molecule has 1 heterocycles. The Morgan fingerprint density at radius 2 is 1.94 bits per heavy atom. The molecule has 0 amide bonds. The first-order chi connectivity index (χ1) is 8.48. The number of hydrogen-bond donors (Lipinski definition) is 0. The fourth-order valence-electron chi connectivity index (χ4n) is 1.99. The van der Waals surface area contributed by atoms with Crippen molar-refractivity contribution in [3.05, 3.63) is 35.9 Å². The van der Waals surface area contributed by atoms with Crippen LogP contribution in [0.15, 0.2) is 30.3 Å². The number of carbonyl (C=O) groups excluding carboxylic acids is 1. The Morgan fingerprint density at radius 3 is 2.50 bits per heavy atom. The molecule has 1 aromatic rings. The molecule has 0 spiro atoms. The molecule has 0 N–H and O–H groups in total. The van der Waals surface area contributed by atoms with Crippen LogP contribution in [0.1, 0.15) is 26.3 Å². The molecule has 4 nitrogen and oxygen atoms in total. The van der Waals surface area contributed by atoms with Crippen molar-refractivity contribution >= 4 is 5.97 Å². The maximum Gasteiger partial charge on any atom is 0.338 e. The molecule has 4 heteroatoms. The van der Waals surface area contributed by atoms with Crippen LogP contribution in [0.2, 0.25) is 0 Å². The standard InChI is InChI=1S/C14H18O4/c1-10-12(18-14(2,3)17-10)13(15)16-9-11-7-5-4-6-8-11/h4-8,10,12H,9H2,1-3H3. The van der Waals surface area contributed by atoms with E-state index in [2.05, 4.69) is 0 Å². The SMILES string of the molecule is CC1OC(C)(C)OC1C(=O)OCc1ccccc1. The average Bonchev–Trinajstić information content (AvgIpc) is 2.61. The fourth-order valence-corrected chi connectivity index (χ4v) is 1.99. The minimum absolute atomic E-state index is 0.257. The molecule has 1 aliphatic rings. The van der Waals surface area contributed by atoms with Gasteiger partial charge in [-0.15, -0.1) is 0 Å². The quantitative estimate of drug-likeness (QED) is 0.772. The molecule has 0 bridgehead atoms. The van der Waals surface area contributed by atoms with Gasteiger partial charge in [-0.05, 0) is 26.3 Å². The summed E-state index contributed by atoms with van der Waals surface area (Å²) in [5.74, 6) is -1.10. The first-order valence-corrected chi connectivity index (χ1v) is 6.04. The summed E-state index contributed by atoms with van der Waals surface area (Å²) in [7, 11) is 0. The highest BCUT2D eigenvalue weighted by Crippen LogP contribution is 2.28. The van der Waals surface area contributed by atoms with Crippen molar-refractivity contribution in [2.75, 3.05) is 0 Å². The molecule has 1 fully saturated rings. The van der Waals surface area contributed by atoms with E-state index >= 15 is 0 Å². The van der Waals surface area contributed by atoms with Crippen LogP contribution in [0.5, 0.6) is 0 Å². The van der Waals surface area contributed by atoms with Crippen molar-refractivity contribution in [2.45, 2.75) is 45.4 Å². The van der Waals surface area contributed by atoms with E-state index in [1.54, 1.807) is 13.8 Å². The van der Waals surface area contributed by atoms with Crippen LogP contribution in [0.25, 0.3) is 0 Å². The number of hydrogen-bond acceptors (Lipinski definition) is 4. The van der Waals surface area contributed by atoms with Gasteiger partial charge in [0.2, 0.25) is 0 Å². The Labute approximate surface area is 107 Å². The van der Waals surface area contributed by atoms with Crippen molar-refractivity contribution in [3.8, 4) is 0 Å². The highest BCUT2D eigenvalue weighted by molar-refractivity contribution is 5.75. The molecule has 2 unspecified atom stereocenters. The van der Waals surface area contributed by atoms with Gasteiger partial charge in [0.1, 0.15) is 6.61 Å². The molecule has 0 aliphatic carbocycles. The van der Waals surface area contributed by atoms with Gasteiger partial charge in [-0.2, -0.15) is 0 Å². The third-order valence-corrected chi connectivity index (χ3v) is 2.76. The molecule has 1 aromatic carbocycles. The van der Waals surface area contributed by atoms with Gasteiger partial charge in [0.25, 0.3) is 0 Å². The van der Waals surface area contributed by atoms with Crippen molar-refractivity contribution in [1.82, 2.24) is 0 Å². The summed E-state index contributed by atoms with van der Waals surface area (Å²) in [6.45, 7) is 5.64. The molecule has 98 valence electrons. The van der Waals surface area contributed by atoms with Crippen LogP contribution in [0.3, 0.4) is 0 Å². The van der Waals surface area contributed by atoms with E-state index in [0.717, 1.165) is 5.56 Å².